The number of nitro groups is 1. The minimum Gasteiger partial charge on any atom is -0.294 e. The first-order valence-corrected chi connectivity index (χ1v) is 9.90. The van der Waals surface area contributed by atoms with E-state index in [1.165, 1.54) is 6.07 Å². The molecule has 1 fully saturated rings. The summed E-state index contributed by atoms with van der Waals surface area (Å²) in [6, 6.07) is 2.41. The number of Topliss-reactive ketones (excluding diaryl/α,β-unsaturated/α-hetero) is 1. The number of ketones is 1. The third kappa shape index (κ3) is 2.75. The molecule has 0 N–H and O–H groups in total. The van der Waals surface area contributed by atoms with Crippen LogP contribution in [-0.4, -0.2) is 27.4 Å². The molecule has 1 aromatic rings. The molecule has 1 aliphatic carbocycles. The molecule has 8 heteroatoms. The lowest BCUT2D eigenvalue weighted by Crippen LogP contribution is -2.34. The SMILES string of the molecule is O=C1CCC2=C1C(c1cc(Br)c(F)cc1[N+](=O)[O-])C1SCCCC1=N2. The Hall–Kier alpha value is -1.54. The molecular formula is C17H14BrFN2O3S. The van der Waals surface area contributed by atoms with E-state index in [4.69, 9.17) is 4.99 Å². The summed E-state index contributed by atoms with van der Waals surface area (Å²) in [5, 5.41) is 11.5. The Balaban J connectivity index is 1.94. The fourth-order valence-corrected chi connectivity index (χ4v) is 5.61. The van der Waals surface area contributed by atoms with Gasteiger partial charge in [-0.15, -0.1) is 0 Å². The Morgan fingerprint density at radius 2 is 2.12 bits per heavy atom. The predicted octanol–water partition coefficient (Wildman–Crippen LogP) is 4.55. The molecular weight excluding hydrogens is 411 g/mol. The van der Waals surface area contributed by atoms with Gasteiger partial charge in [0.1, 0.15) is 5.82 Å². The first kappa shape index (κ1) is 16.9. The summed E-state index contributed by atoms with van der Waals surface area (Å²) in [5.74, 6) is -0.181. The van der Waals surface area contributed by atoms with Crippen molar-refractivity contribution in [2.75, 3.05) is 5.75 Å². The zero-order chi connectivity index (χ0) is 17.7. The Morgan fingerprint density at radius 1 is 1.32 bits per heavy atom. The molecule has 4 rings (SSSR count). The van der Waals surface area contributed by atoms with Gasteiger partial charge in [-0.1, -0.05) is 0 Å². The predicted molar refractivity (Wildman–Crippen MR) is 97.7 cm³/mol. The van der Waals surface area contributed by atoms with Gasteiger partial charge in [-0.05, 0) is 47.0 Å². The standard InChI is InChI=1S/C17H14BrFN2O3S/c18-9-6-8(13(21(23)24)7-10(9)19)15-16-11(3-4-14(16)22)20-12-2-1-5-25-17(12)15/h6-7,15,17H,1-5H2. The Morgan fingerprint density at radius 3 is 2.88 bits per heavy atom. The van der Waals surface area contributed by atoms with Crippen LogP contribution in [0.4, 0.5) is 10.1 Å². The van der Waals surface area contributed by atoms with Crippen LogP contribution in [0, 0.1) is 15.9 Å². The Bertz CT molecular complexity index is 868. The van der Waals surface area contributed by atoms with E-state index >= 15 is 0 Å². The first-order chi connectivity index (χ1) is 12.0. The molecule has 0 bridgehead atoms. The van der Waals surface area contributed by atoms with Gasteiger partial charge in [0, 0.05) is 34.9 Å². The number of carbonyl (C=O) groups excluding carboxylic acids is 1. The average Bonchev–Trinajstić information content (AvgIpc) is 2.95. The lowest BCUT2D eigenvalue weighted by molar-refractivity contribution is -0.385. The van der Waals surface area contributed by atoms with Crippen molar-refractivity contribution in [3.05, 3.63) is 49.4 Å². The lowest BCUT2D eigenvalue weighted by atomic mass is 9.81. The summed E-state index contributed by atoms with van der Waals surface area (Å²) in [7, 11) is 0. The van der Waals surface area contributed by atoms with E-state index in [0.29, 0.717) is 24.0 Å². The number of carbonyl (C=O) groups is 1. The van der Waals surface area contributed by atoms with E-state index in [0.717, 1.165) is 36.1 Å². The molecule has 2 heterocycles. The number of halogens is 2. The fourth-order valence-electron chi connectivity index (χ4n) is 3.84. The summed E-state index contributed by atoms with van der Waals surface area (Å²) in [5.41, 5.74) is 2.48. The number of aliphatic imine (C=N–C) groups is 1. The zero-order valence-electron chi connectivity index (χ0n) is 13.1. The number of allylic oxidation sites excluding steroid dienone is 2. The molecule has 2 unspecified atom stereocenters. The van der Waals surface area contributed by atoms with Crippen LogP contribution in [0.5, 0.6) is 0 Å². The summed E-state index contributed by atoms with van der Waals surface area (Å²) < 4.78 is 14.1. The van der Waals surface area contributed by atoms with Gasteiger partial charge in [-0.2, -0.15) is 11.8 Å². The normalized spacial score (nSPS) is 25.5. The van der Waals surface area contributed by atoms with Gasteiger partial charge in [0.15, 0.2) is 5.78 Å². The summed E-state index contributed by atoms with van der Waals surface area (Å²) >= 11 is 4.82. The van der Waals surface area contributed by atoms with Crippen molar-refractivity contribution in [2.24, 2.45) is 4.99 Å². The van der Waals surface area contributed by atoms with Crippen molar-refractivity contribution in [2.45, 2.75) is 36.9 Å². The van der Waals surface area contributed by atoms with Crippen molar-refractivity contribution < 1.29 is 14.1 Å². The molecule has 0 saturated carbocycles. The number of hydrogen-bond donors (Lipinski definition) is 0. The van der Waals surface area contributed by atoms with Crippen molar-refractivity contribution in [1.82, 2.24) is 0 Å². The molecule has 0 aromatic heterocycles. The molecule has 2 atom stereocenters. The monoisotopic (exact) mass is 424 g/mol. The third-order valence-corrected chi connectivity index (χ3v) is 6.93. The number of hydrogen-bond acceptors (Lipinski definition) is 5. The van der Waals surface area contributed by atoms with Crippen molar-refractivity contribution >= 4 is 44.9 Å². The Kier molecular flexibility index (Phi) is 4.27. The molecule has 0 spiro atoms. The highest BCUT2D eigenvalue weighted by molar-refractivity contribution is 9.10. The number of nitro benzene ring substituents is 1. The highest BCUT2D eigenvalue weighted by Crippen LogP contribution is 2.49. The quantitative estimate of drug-likeness (QED) is 0.515. The number of thioether (sulfide) groups is 1. The van der Waals surface area contributed by atoms with Gasteiger partial charge in [-0.3, -0.25) is 19.9 Å². The molecule has 130 valence electrons. The maximum absolute atomic E-state index is 13.9. The van der Waals surface area contributed by atoms with Gasteiger partial charge >= 0.3 is 0 Å². The van der Waals surface area contributed by atoms with Crippen LogP contribution in [0.25, 0.3) is 0 Å². The van der Waals surface area contributed by atoms with E-state index in [1.54, 1.807) is 11.8 Å². The molecule has 0 amide bonds. The van der Waals surface area contributed by atoms with Crippen LogP contribution >= 0.6 is 27.7 Å². The van der Waals surface area contributed by atoms with E-state index in [-0.39, 0.29) is 21.2 Å². The van der Waals surface area contributed by atoms with Crippen molar-refractivity contribution in [3.63, 3.8) is 0 Å². The highest BCUT2D eigenvalue weighted by atomic mass is 79.9. The first-order valence-electron chi connectivity index (χ1n) is 8.06. The van der Waals surface area contributed by atoms with Gasteiger partial charge in [-0.25, -0.2) is 4.39 Å². The number of benzene rings is 1. The van der Waals surface area contributed by atoms with Crippen LogP contribution in [0.2, 0.25) is 0 Å². The molecule has 0 radical (unpaired) electrons. The molecule has 3 aliphatic rings. The average molecular weight is 425 g/mol. The van der Waals surface area contributed by atoms with Crippen LogP contribution in [0.15, 0.2) is 32.9 Å². The summed E-state index contributed by atoms with van der Waals surface area (Å²) in [6.45, 7) is 0. The number of nitrogens with zero attached hydrogens (tertiary/aromatic N) is 2. The second-order valence-corrected chi connectivity index (χ2v) is 8.45. The minimum absolute atomic E-state index is 0.00344. The summed E-state index contributed by atoms with van der Waals surface area (Å²) in [6.07, 6.45) is 2.83. The van der Waals surface area contributed by atoms with E-state index in [1.807, 2.05) is 0 Å². The van der Waals surface area contributed by atoms with Crippen LogP contribution < -0.4 is 0 Å². The highest BCUT2D eigenvalue weighted by Gasteiger charge is 2.44. The maximum atomic E-state index is 13.9. The zero-order valence-corrected chi connectivity index (χ0v) is 15.5. The third-order valence-electron chi connectivity index (χ3n) is 4.90. The summed E-state index contributed by atoms with van der Waals surface area (Å²) in [4.78, 5) is 28.2. The molecule has 1 saturated heterocycles. The maximum Gasteiger partial charge on any atom is 0.276 e. The lowest BCUT2D eigenvalue weighted by Gasteiger charge is -2.35. The largest absolute Gasteiger partial charge is 0.294 e. The molecule has 2 aliphatic heterocycles. The minimum atomic E-state index is -0.677. The van der Waals surface area contributed by atoms with Crippen molar-refractivity contribution in [1.29, 1.82) is 0 Å². The molecule has 25 heavy (non-hydrogen) atoms. The van der Waals surface area contributed by atoms with Crippen molar-refractivity contribution in [3.8, 4) is 0 Å². The van der Waals surface area contributed by atoms with Crippen LogP contribution in [-0.2, 0) is 4.79 Å². The Labute approximate surface area is 156 Å². The van der Waals surface area contributed by atoms with Gasteiger partial charge in [0.25, 0.3) is 5.69 Å². The van der Waals surface area contributed by atoms with Gasteiger partial charge in [0.05, 0.1) is 20.7 Å². The second kappa shape index (κ2) is 6.32. The molecule has 1 aromatic carbocycles. The fraction of sp³-hybridized carbons (Fsp3) is 0.412. The van der Waals surface area contributed by atoms with E-state index in [9.17, 15) is 19.3 Å². The topological polar surface area (TPSA) is 72.6 Å². The van der Waals surface area contributed by atoms with E-state index < -0.39 is 16.7 Å². The van der Waals surface area contributed by atoms with Crippen LogP contribution in [0.1, 0.15) is 37.2 Å². The van der Waals surface area contributed by atoms with Crippen LogP contribution in [0.3, 0.4) is 0 Å². The smallest absolute Gasteiger partial charge is 0.276 e. The number of rotatable bonds is 2. The molecule has 5 nitrogen and oxygen atoms in total. The van der Waals surface area contributed by atoms with Gasteiger partial charge in [0.2, 0.25) is 0 Å². The number of fused-ring (bicyclic) bond motifs is 1. The van der Waals surface area contributed by atoms with E-state index in [2.05, 4.69) is 15.9 Å². The second-order valence-electron chi connectivity index (χ2n) is 6.34. The van der Waals surface area contributed by atoms with Gasteiger partial charge < -0.3 is 0 Å².